The molecule has 2 amide bonds. The number of amides is 2. The van der Waals surface area contributed by atoms with Gasteiger partial charge in [-0.3, -0.25) is 19.7 Å². The molecule has 1 aliphatic carbocycles. The minimum Gasteiger partial charge on any atom is -0.403 e. The Balaban J connectivity index is 2.12. The predicted octanol–water partition coefficient (Wildman–Crippen LogP) is 2.95. The van der Waals surface area contributed by atoms with Crippen LogP contribution in [-0.2, 0) is 18.9 Å². The number of hydrogen-bond donors (Lipinski definition) is 2. The zero-order valence-electron chi connectivity index (χ0n) is 20.5. The summed E-state index contributed by atoms with van der Waals surface area (Å²) in [6.45, 7) is 11.8. The number of rotatable bonds is 11. The first-order valence-electron chi connectivity index (χ1n) is 11.9. The fourth-order valence-corrected chi connectivity index (χ4v) is 4.98. The molecule has 0 aromatic carbocycles. The molecular formula is C22H40BN3O6. The number of unbranched alkanes of at least 4 members (excludes halogenated alkanes) is 1. The van der Waals surface area contributed by atoms with Crippen LogP contribution < -0.4 is 10.6 Å². The second kappa shape index (κ2) is 10.5. The molecule has 1 heterocycles. The highest BCUT2D eigenvalue weighted by Gasteiger charge is 2.54. The van der Waals surface area contributed by atoms with Crippen LogP contribution in [0.1, 0.15) is 80.1 Å². The third-order valence-corrected chi connectivity index (χ3v) is 7.25. The van der Waals surface area contributed by atoms with Gasteiger partial charge in [0.15, 0.2) is 0 Å². The van der Waals surface area contributed by atoms with Gasteiger partial charge in [0.25, 0.3) is 0 Å². The average molecular weight is 453 g/mol. The molecule has 1 saturated heterocycles. The lowest BCUT2D eigenvalue weighted by molar-refractivity contribution is -0.488. The van der Waals surface area contributed by atoms with Crippen molar-refractivity contribution in [2.45, 2.75) is 103 Å². The lowest BCUT2D eigenvalue weighted by atomic mass is 9.77. The van der Waals surface area contributed by atoms with Gasteiger partial charge in [0.05, 0.1) is 11.2 Å². The van der Waals surface area contributed by atoms with E-state index in [1.165, 1.54) is 6.92 Å². The summed E-state index contributed by atoms with van der Waals surface area (Å²) in [5, 5.41) is 17.0. The van der Waals surface area contributed by atoms with Crippen molar-refractivity contribution in [3.05, 3.63) is 10.1 Å². The summed E-state index contributed by atoms with van der Waals surface area (Å²) in [5.41, 5.74) is -1.92. The summed E-state index contributed by atoms with van der Waals surface area (Å²) in [6, 6.07) is 0. The largest absolute Gasteiger partial charge is 0.457 e. The number of carbonyl (C=O) groups is 2. The van der Waals surface area contributed by atoms with E-state index in [1.54, 1.807) is 0 Å². The Morgan fingerprint density at radius 3 is 2.31 bits per heavy atom. The Morgan fingerprint density at radius 1 is 1.16 bits per heavy atom. The van der Waals surface area contributed by atoms with Gasteiger partial charge >= 0.3 is 7.12 Å². The quantitative estimate of drug-likeness (QED) is 0.215. The molecule has 1 saturated carbocycles. The highest BCUT2D eigenvalue weighted by atomic mass is 16.7. The first-order chi connectivity index (χ1) is 14.8. The number of nitrogens with zero attached hydrogens (tertiary/aromatic N) is 1. The van der Waals surface area contributed by atoms with Crippen molar-refractivity contribution < 1.29 is 23.8 Å². The number of carbonyl (C=O) groups excluding carboxylic acids is 2. The van der Waals surface area contributed by atoms with E-state index in [1.807, 2.05) is 34.6 Å². The molecule has 2 fully saturated rings. The highest BCUT2D eigenvalue weighted by Crippen LogP contribution is 2.44. The molecule has 3 atom stereocenters. The molecule has 32 heavy (non-hydrogen) atoms. The fraction of sp³-hybridized carbons (Fsp3) is 0.909. The third kappa shape index (κ3) is 6.22. The maximum atomic E-state index is 13.3. The Hall–Kier alpha value is -1.68. The maximum Gasteiger partial charge on any atom is 0.457 e. The van der Waals surface area contributed by atoms with E-state index >= 15 is 0 Å². The topological polar surface area (TPSA) is 120 Å². The van der Waals surface area contributed by atoms with Crippen LogP contribution in [0.15, 0.2) is 0 Å². The summed E-state index contributed by atoms with van der Waals surface area (Å²) >= 11 is 0. The number of nitrogens with one attached hydrogen (secondary N) is 2. The van der Waals surface area contributed by atoms with Crippen LogP contribution in [0.5, 0.6) is 0 Å². The number of nitro groups is 1. The molecule has 10 heteroatoms. The molecular weight excluding hydrogens is 413 g/mol. The molecule has 0 radical (unpaired) electrons. The number of hydrogen-bond acceptors (Lipinski definition) is 6. The lowest BCUT2D eigenvalue weighted by Crippen LogP contribution is -2.61. The van der Waals surface area contributed by atoms with Gasteiger partial charge in [0, 0.05) is 24.3 Å². The van der Waals surface area contributed by atoms with E-state index in [0.29, 0.717) is 25.7 Å². The predicted molar refractivity (Wildman–Crippen MR) is 123 cm³/mol. The van der Waals surface area contributed by atoms with Crippen molar-refractivity contribution in [2.75, 3.05) is 13.1 Å². The Bertz CT molecular complexity index is 685. The standard InChI is InChI=1S/C22H40BN3O6/c1-7-8-12-24-19(28)22(25-16(2)27)14-17(15-26(29)30)13-18(22)10-9-11-23-31-20(3,4)21(5,6)32-23/h17-18H,7-15H2,1-6H3,(H,24,28)(H,25,27)/t17-,18+,22+/m1/s1. The summed E-state index contributed by atoms with van der Waals surface area (Å²) in [7, 11) is -0.329. The van der Waals surface area contributed by atoms with Gasteiger partial charge in [-0.05, 0) is 65.6 Å². The molecule has 9 nitrogen and oxygen atoms in total. The Labute approximate surface area is 192 Å². The molecule has 1 aliphatic heterocycles. The Morgan fingerprint density at radius 2 is 1.78 bits per heavy atom. The lowest BCUT2D eigenvalue weighted by Gasteiger charge is -2.35. The van der Waals surface area contributed by atoms with Gasteiger partial charge in [0.2, 0.25) is 18.4 Å². The second-order valence-electron chi connectivity index (χ2n) is 10.4. The molecule has 0 aromatic heterocycles. The van der Waals surface area contributed by atoms with Crippen molar-refractivity contribution in [1.82, 2.24) is 10.6 Å². The van der Waals surface area contributed by atoms with Crippen molar-refractivity contribution in [1.29, 1.82) is 0 Å². The van der Waals surface area contributed by atoms with Crippen LogP contribution in [0.4, 0.5) is 0 Å². The van der Waals surface area contributed by atoms with Crippen LogP contribution in [-0.4, -0.2) is 53.7 Å². The van der Waals surface area contributed by atoms with Crippen LogP contribution in [0, 0.1) is 22.0 Å². The molecule has 2 aliphatic rings. The smallest absolute Gasteiger partial charge is 0.403 e. The third-order valence-electron chi connectivity index (χ3n) is 7.25. The first-order valence-corrected chi connectivity index (χ1v) is 11.9. The van der Waals surface area contributed by atoms with Crippen LogP contribution in [0.3, 0.4) is 0 Å². The first kappa shape index (κ1) is 26.6. The monoisotopic (exact) mass is 453 g/mol. The van der Waals surface area contributed by atoms with E-state index in [9.17, 15) is 19.7 Å². The summed E-state index contributed by atoms with van der Waals surface area (Å²) < 4.78 is 12.1. The minimum atomic E-state index is -1.11. The van der Waals surface area contributed by atoms with Gasteiger partial charge < -0.3 is 19.9 Å². The highest BCUT2D eigenvalue weighted by molar-refractivity contribution is 6.45. The normalized spacial score (nSPS) is 28.5. The summed E-state index contributed by atoms with van der Waals surface area (Å²) in [6.07, 6.45) is 4.65. The maximum absolute atomic E-state index is 13.3. The second-order valence-corrected chi connectivity index (χ2v) is 10.4. The zero-order valence-corrected chi connectivity index (χ0v) is 20.5. The fourth-order valence-electron chi connectivity index (χ4n) is 4.98. The van der Waals surface area contributed by atoms with E-state index in [2.05, 4.69) is 10.6 Å². The van der Waals surface area contributed by atoms with Crippen molar-refractivity contribution in [2.24, 2.45) is 11.8 Å². The van der Waals surface area contributed by atoms with Crippen molar-refractivity contribution in [3.63, 3.8) is 0 Å². The molecule has 0 spiro atoms. The Kier molecular flexibility index (Phi) is 8.72. The van der Waals surface area contributed by atoms with Crippen LogP contribution >= 0.6 is 0 Å². The average Bonchev–Trinajstić information content (AvgIpc) is 3.07. The van der Waals surface area contributed by atoms with Gasteiger partial charge in [-0.1, -0.05) is 19.8 Å². The molecule has 0 aromatic rings. The van der Waals surface area contributed by atoms with Gasteiger partial charge in [-0.25, -0.2) is 0 Å². The summed E-state index contributed by atoms with van der Waals surface area (Å²) in [5.74, 6) is -0.961. The van der Waals surface area contributed by atoms with Gasteiger partial charge in [-0.15, -0.1) is 0 Å². The molecule has 0 unspecified atom stereocenters. The van der Waals surface area contributed by atoms with Crippen molar-refractivity contribution in [3.8, 4) is 0 Å². The van der Waals surface area contributed by atoms with Gasteiger partial charge in [-0.2, -0.15) is 0 Å². The van der Waals surface area contributed by atoms with E-state index < -0.39 is 16.7 Å². The molecule has 0 bridgehead atoms. The molecule has 2 N–H and O–H groups in total. The van der Waals surface area contributed by atoms with Gasteiger partial charge in [0.1, 0.15) is 5.54 Å². The van der Waals surface area contributed by atoms with Crippen LogP contribution in [0.25, 0.3) is 0 Å². The van der Waals surface area contributed by atoms with E-state index in [4.69, 9.17) is 9.31 Å². The van der Waals surface area contributed by atoms with Crippen molar-refractivity contribution >= 4 is 18.9 Å². The molecule has 2 rings (SSSR count). The minimum absolute atomic E-state index is 0.180. The van der Waals surface area contributed by atoms with E-state index in [0.717, 1.165) is 19.3 Å². The summed E-state index contributed by atoms with van der Waals surface area (Å²) in [4.78, 5) is 36.2. The SMILES string of the molecule is CCCCNC(=O)[C@]1(NC(C)=O)C[C@H](C[N+](=O)[O-])C[C@@H]1CCCB1OC(C)(C)C(C)(C)O1. The van der Waals surface area contributed by atoms with E-state index in [-0.39, 0.29) is 48.7 Å². The molecule has 182 valence electrons. The van der Waals surface area contributed by atoms with Crippen LogP contribution in [0.2, 0.25) is 6.32 Å². The zero-order chi connectivity index (χ0) is 24.2.